The first kappa shape index (κ1) is 28.8. The summed E-state index contributed by atoms with van der Waals surface area (Å²) in [4.78, 5) is 26.2. The third-order valence-electron chi connectivity index (χ3n) is 6.13. The van der Waals surface area contributed by atoms with Gasteiger partial charge in [-0.2, -0.15) is 0 Å². The van der Waals surface area contributed by atoms with Gasteiger partial charge in [-0.25, -0.2) is 18.4 Å². The van der Waals surface area contributed by atoms with Gasteiger partial charge in [0.1, 0.15) is 0 Å². The zero-order valence-electron chi connectivity index (χ0n) is 22.8. The molecule has 0 spiro atoms. The summed E-state index contributed by atoms with van der Waals surface area (Å²) in [6.45, 7) is 0.631. The Morgan fingerprint density at radius 3 is 2.55 bits per heavy atom. The van der Waals surface area contributed by atoms with E-state index in [0.29, 0.717) is 40.3 Å². The van der Waals surface area contributed by atoms with Crippen LogP contribution in [0.3, 0.4) is 0 Å². The second-order valence-electron chi connectivity index (χ2n) is 9.63. The molecule has 0 fully saturated rings. The van der Waals surface area contributed by atoms with E-state index in [1.165, 1.54) is 36.5 Å². The normalized spacial score (nSPS) is 11.7. The maximum absolute atomic E-state index is 13.1. The minimum absolute atomic E-state index is 0.0476. The Hall–Kier alpha value is -4.71. The number of nitrogens with zero attached hydrogens (tertiary/aromatic N) is 3. The maximum Gasteiger partial charge on any atom is 0.261 e. The number of aromatic amines is 1. The van der Waals surface area contributed by atoms with Crippen molar-refractivity contribution in [2.24, 2.45) is 0 Å². The van der Waals surface area contributed by atoms with Crippen LogP contribution in [0.4, 0.5) is 23.0 Å². The number of H-pyrrole nitrogens is 1. The number of aromatic nitrogens is 3. The molecule has 0 radical (unpaired) electrons. The fourth-order valence-corrected chi connectivity index (χ4v) is 5.40. The average molecular weight is 602 g/mol. The highest BCUT2D eigenvalue weighted by Crippen LogP contribution is 2.33. The van der Waals surface area contributed by atoms with Gasteiger partial charge < -0.3 is 20.5 Å². The summed E-state index contributed by atoms with van der Waals surface area (Å²) in [7, 11) is -0.0947. The van der Waals surface area contributed by atoms with Gasteiger partial charge in [0.05, 0.1) is 27.5 Å². The second-order valence-corrected chi connectivity index (χ2v) is 11.7. The molecule has 0 aliphatic heterocycles. The number of likely N-dealkylation sites (N-methyl/N-ethyl adjacent to an activating group) is 1. The maximum atomic E-state index is 13.1. The average Bonchev–Trinajstić information content (AvgIpc) is 3.38. The van der Waals surface area contributed by atoms with Gasteiger partial charge in [0.2, 0.25) is 11.9 Å². The summed E-state index contributed by atoms with van der Waals surface area (Å²) < 4.78 is 28.7. The van der Waals surface area contributed by atoms with E-state index < -0.39 is 10.0 Å². The van der Waals surface area contributed by atoms with Gasteiger partial charge in [-0.15, -0.1) is 0 Å². The van der Waals surface area contributed by atoms with Crippen LogP contribution >= 0.6 is 11.6 Å². The summed E-state index contributed by atoms with van der Waals surface area (Å²) in [6, 6.07) is 20.5. The molecule has 2 aromatic heterocycles. The number of anilines is 4. The SMILES string of the molecule is CN(C)CC=CC(=O)Nc1ccc(S(=O)(=O)Nc2cccc(Nc3ncc(Cl)c(-c4c[nH]c5ccccc45)n3)c2)cc1. The van der Waals surface area contributed by atoms with Gasteiger partial charge in [0, 0.05) is 46.7 Å². The third kappa shape index (κ3) is 6.95. The predicted octanol–water partition coefficient (Wildman–Crippen LogP) is 5.88. The molecule has 5 aromatic rings. The van der Waals surface area contributed by atoms with Gasteiger partial charge >= 0.3 is 0 Å². The number of nitrogens with one attached hydrogen (secondary N) is 4. The molecule has 42 heavy (non-hydrogen) atoms. The predicted molar refractivity (Wildman–Crippen MR) is 168 cm³/mol. The Bertz CT molecular complexity index is 1870. The van der Waals surface area contributed by atoms with Crippen LogP contribution in [0.15, 0.2) is 102 Å². The molecule has 2 heterocycles. The van der Waals surface area contributed by atoms with E-state index >= 15 is 0 Å². The Balaban J connectivity index is 1.28. The molecule has 214 valence electrons. The molecule has 0 unspecified atom stereocenters. The molecular formula is C30H28ClN7O3S. The molecule has 0 saturated carbocycles. The molecule has 0 aliphatic rings. The van der Waals surface area contributed by atoms with Crippen molar-refractivity contribution in [2.75, 3.05) is 36.0 Å². The van der Waals surface area contributed by atoms with Crippen molar-refractivity contribution in [3.63, 3.8) is 0 Å². The zero-order chi connectivity index (χ0) is 29.7. The first-order valence-electron chi connectivity index (χ1n) is 12.9. The van der Waals surface area contributed by atoms with Gasteiger partial charge in [0.25, 0.3) is 10.0 Å². The lowest BCUT2D eigenvalue weighted by Crippen LogP contribution is -2.14. The number of fused-ring (bicyclic) bond motifs is 1. The van der Waals surface area contributed by atoms with Crippen LogP contribution in [0, 0.1) is 0 Å². The van der Waals surface area contributed by atoms with E-state index in [-0.39, 0.29) is 10.8 Å². The van der Waals surface area contributed by atoms with Gasteiger partial charge in [0.15, 0.2) is 0 Å². The molecule has 4 N–H and O–H groups in total. The van der Waals surface area contributed by atoms with E-state index in [9.17, 15) is 13.2 Å². The molecule has 3 aromatic carbocycles. The monoisotopic (exact) mass is 601 g/mol. The molecule has 12 heteroatoms. The number of hydrogen-bond donors (Lipinski definition) is 4. The standard InChI is InChI=1S/C30H28ClN7O3S/c1-38(2)16-6-11-28(39)34-20-12-14-23(15-13-20)42(40,41)37-22-8-5-7-21(17-22)35-30-33-19-26(31)29(36-30)25-18-32-27-10-4-3-9-24(25)27/h3-15,17-19,32,37H,16H2,1-2H3,(H,34,39)(H,33,35,36). The minimum atomic E-state index is -3.90. The van der Waals surface area contributed by atoms with Crippen molar-refractivity contribution in [1.82, 2.24) is 19.9 Å². The lowest BCUT2D eigenvalue weighted by molar-refractivity contribution is -0.111. The largest absolute Gasteiger partial charge is 0.360 e. The van der Waals surface area contributed by atoms with E-state index in [4.69, 9.17) is 11.6 Å². The van der Waals surface area contributed by atoms with Crippen LogP contribution in [0.5, 0.6) is 0 Å². The van der Waals surface area contributed by atoms with E-state index in [1.54, 1.807) is 30.3 Å². The molecule has 0 atom stereocenters. The van der Waals surface area contributed by atoms with Crippen molar-refractivity contribution in [3.8, 4) is 11.3 Å². The number of amides is 1. The third-order valence-corrected chi connectivity index (χ3v) is 7.81. The van der Waals surface area contributed by atoms with Gasteiger partial charge in [-0.1, -0.05) is 41.9 Å². The molecule has 10 nitrogen and oxygen atoms in total. The second kappa shape index (κ2) is 12.4. The van der Waals surface area contributed by atoms with E-state index in [2.05, 4.69) is 30.3 Å². The lowest BCUT2D eigenvalue weighted by atomic mass is 10.1. The quantitative estimate of drug-likeness (QED) is 0.147. The first-order valence-corrected chi connectivity index (χ1v) is 14.8. The van der Waals surface area contributed by atoms with Crippen molar-refractivity contribution in [3.05, 3.63) is 102 Å². The summed E-state index contributed by atoms with van der Waals surface area (Å²) in [5.74, 6) is 0.00187. The number of carbonyl (C=O) groups is 1. The minimum Gasteiger partial charge on any atom is -0.360 e. The van der Waals surface area contributed by atoms with Crippen molar-refractivity contribution in [2.45, 2.75) is 4.90 Å². The Morgan fingerprint density at radius 2 is 1.76 bits per heavy atom. The van der Waals surface area contributed by atoms with Crippen LogP contribution < -0.4 is 15.4 Å². The van der Waals surface area contributed by atoms with E-state index in [1.807, 2.05) is 49.5 Å². The topological polar surface area (TPSA) is 132 Å². The summed E-state index contributed by atoms with van der Waals surface area (Å²) in [5.41, 5.74) is 3.76. The number of carbonyl (C=O) groups excluding carboxylic acids is 1. The zero-order valence-corrected chi connectivity index (χ0v) is 24.4. The molecule has 5 rings (SSSR count). The Labute approximate surface area is 248 Å². The van der Waals surface area contributed by atoms with E-state index in [0.717, 1.165) is 16.5 Å². The molecule has 0 aliphatic carbocycles. The number of benzene rings is 3. The highest BCUT2D eigenvalue weighted by Gasteiger charge is 2.16. The van der Waals surface area contributed by atoms with Crippen molar-refractivity contribution < 1.29 is 13.2 Å². The Kier molecular flexibility index (Phi) is 8.53. The van der Waals surface area contributed by atoms with Crippen LogP contribution in [0.2, 0.25) is 5.02 Å². The molecular weight excluding hydrogens is 574 g/mol. The molecule has 1 amide bonds. The number of para-hydroxylation sites is 1. The van der Waals surface area contributed by atoms with Crippen LogP contribution in [-0.4, -0.2) is 54.8 Å². The van der Waals surface area contributed by atoms with Crippen LogP contribution in [-0.2, 0) is 14.8 Å². The summed E-state index contributed by atoms with van der Waals surface area (Å²) in [5, 5.41) is 7.21. The summed E-state index contributed by atoms with van der Waals surface area (Å²) >= 11 is 6.44. The number of halogens is 1. The fourth-order valence-electron chi connectivity index (χ4n) is 4.16. The van der Waals surface area contributed by atoms with Crippen LogP contribution in [0.1, 0.15) is 0 Å². The highest BCUT2D eigenvalue weighted by molar-refractivity contribution is 7.92. The smallest absolute Gasteiger partial charge is 0.261 e. The number of rotatable bonds is 10. The van der Waals surface area contributed by atoms with Crippen molar-refractivity contribution >= 4 is 61.4 Å². The highest BCUT2D eigenvalue weighted by atomic mass is 35.5. The summed E-state index contributed by atoms with van der Waals surface area (Å²) in [6.07, 6.45) is 6.54. The molecule has 0 saturated heterocycles. The van der Waals surface area contributed by atoms with Gasteiger partial charge in [-0.05, 0) is 62.6 Å². The lowest BCUT2D eigenvalue weighted by Gasteiger charge is -2.12. The molecule has 0 bridgehead atoms. The fraction of sp³-hybridized carbons (Fsp3) is 0.100. The first-order chi connectivity index (χ1) is 20.2. The van der Waals surface area contributed by atoms with Gasteiger partial charge in [-0.3, -0.25) is 9.52 Å². The number of sulfonamides is 1. The Morgan fingerprint density at radius 1 is 1.00 bits per heavy atom. The number of hydrogen-bond acceptors (Lipinski definition) is 7. The van der Waals surface area contributed by atoms with Crippen LogP contribution in [0.25, 0.3) is 22.2 Å². The van der Waals surface area contributed by atoms with Crippen molar-refractivity contribution in [1.29, 1.82) is 0 Å².